The van der Waals surface area contributed by atoms with Crippen LogP contribution >= 0.6 is 0 Å². The topological polar surface area (TPSA) is 31.5 Å². The van der Waals surface area contributed by atoms with Crippen molar-refractivity contribution in [3.63, 3.8) is 0 Å². The number of rotatable bonds is 16. The van der Waals surface area contributed by atoms with E-state index in [0.29, 0.717) is 0 Å². The molecule has 0 atom stereocenters. The molecular formula is C56H58OZr2. The normalized spacial score (nSPS) is 11.1. The first-order chi connectivity index (χ1) is 28.6. The monoisotopic (exact) mass is 926 g/mol. The zero-order valence-electron chi connectivity index (χ0n) is 34.3. The molecule has 0 heterocycles. The number of hydrogen-bond donors (Lipinski definition) is 0. The van der Waals surface area contributed by atoms with Gasteiger partial charge in [0.25, 0.3) is 0 Å². The summed E-state index contributed by atoms with van der Waals surface area (Å²) in [5, 5.41) is 0. The van der Waals surface area contributed by atoms with Crippen LogP contribution in [0.3, 0.4) is 0 Å². The van der Waals surface area contributed by atoms with Gasteiger partial charge in [-0.2, -0.15) is 0 Å². The van der Waals surface area contributed by atoms with Crippen molar-refractivity contribution in [2.45, 2.75) is 33.0 Å². The van der Waals surface area contributed by atoms with E-state index in [-0.39, 0.29) is 5.48 Å². The van der Waals surface area contributed by atoms with Crippen molar-refractivity contribution in [1.29, 1.82) is 0 Å². The molecule has 0 aromatic heterocycles. The Morgan fingerprint density at radius 2 is 0.271 bits per heavy atom. The molecule has 59 heavy (non-hydrogen) atoms. The summed E-state index contributed by atoms with van der Waals surface area (Å²) < 4.78 is 10.2. The summed E-state index contributed by atoms with van der Waals surface area (Å²) in [7, 11) is 0. The third-order valence-corrected chi connectivity index (χ3v) is 34.2. The Balaban J connectivity index is 0.000000195. The Hall–Kier alpha value is -4.51. The van der Waals surface area contributed by atoms with Crippen LogP contribution < -0.4 is 0 Å². The SMILES string of the molecule is O.c1ccc([CH2][Zr]([CH2]c2ccccc2)([CH2]c2ccccc2)[CH2]c2ccccc2)cc1.c1ccc([CH2][Zr]([CH2]c2ccccc2)([CH2]c2ccccc2)[CH2]c2ccccc2)cc1. The molecule has 8 aromatic carbocycles. The molecule has 0 aliphatic carbocycles. The number of benzene rings is 8. The predicted molar refractivity (Wildman–Crippen MR) is 245 cm³/mol. The molecule has 0 amide bonds. The summed E-state index contributed by atoms with van der Waals surface area (Å²) in [4.78, 5) is 0. The van der Waals surface area contributed by atoms with Crippen molar-refractivity contribution in [2.75, 3.05) is 0 Å². The van der Waals surface area contributed by atoms with Crippen molar-refractivity contribution < 1.29 is 46.0 Å². The molecule has 0 saturated heterocycles. The average molecular weight is 930 g/mol. The maximum absolute atomic E-state index is 2.72. The van der Waals surface area contributed by atoms with Gasteiger partial charge in [0.1, 0.15) is 0 Å². The Morgan fingerprint density at radius 3 is 0.373 bits per heavy atom. The van der Waals surface area contributed by atoms with Gasteiger partial charge in [-0.15, -0.1) is 0 Å². The summed E-state index contributed by atoms with van der Waals surface area (Å²) in [6.07, 6.45) is 0. The van der Waals surface area contributed by atoms with Gasteiger partial charge in [-0.05, 0) is 0 Å². The third-order valence-electron chi connectivity index (χ3n) is 11.4. The second kappa shape index (κ2) is 23.3. The fourth-order valence-electron chi connectivity index (χ4n) is 8.98. The maximum atomic E-state index is 2.33. The molecule has 0 aliphatic heterocycles. The molecular weight excluding hydrogens is 871 g/mol. The van der Waals surface area contributed by atoms with Gasteiger partial charge in [-0.3, -0.25) is 0 Å². The molecule has 0 saturated carbocycles. The van der Waals surface area contributed by atoms with Crippen molar-refractivity contribution in [3.8, 4) is 0 Å². The van der Waals surface area contributed by atoms with E-state index in [9.17, 15) is 0 Å². The van der Waals surface area contributed by atoms with Crippen LogP contribution in [0.1, 0.15) is 44.5 Å². The molecule has 0 spiro atoms. The zero-order chi connectivity index (χ0) is 39.6. The van der Waals surface area contributed by atoms with Crippen LogP contribution in [0.4, 0.5) is 0 Å². The standard InChI is InChI=1S/8C7H7.H2O.2Zr/c8*1-7-5-3-2-4-6-7;;;/h8*2-6H,1H2;1H2;;. The van der Waals surface area contributed by atoms with Crippen LogP contribution in [0.25, 0.3) is 0 Å². The molecule has 296 valence electrons. The van der Waals surface area contributed by atoms with Gasteiger partial charge in [-0.1, -0.05) is 0 Å². The first-order valence-corrected chi connectivity index (χ1v) is 34.8. The van der Waals surface area contributed by atoms with Crippen molar-refractivity contribution in [3.05, 3.63) is 287 Å². The van der Waals surface area contributed by atoms with E-state index in [1.165, 1.54) is 77.5 Å². The average Bonchev–Trinajstić information content (AvgIpc) is 3.27. The van der Waals surface area contributed by atoms with Crippen LogP contribution in [0.15, 0.2) is 243 Å². The summed E-state index contributed by atoms with van der Waals surface area (Å²) in [5.74, 6) is 0. The molecule has 8 aromatic rings. The van der Waals surface area contributed by atoms with E-state index < -0.39 is 40.5 Å². The van der Waals surface area contributed by atoms with E-state index >= 15 is 0 Å². The molecule has 0 unspecified atom stereocenters. The van der Waals surface area contributed by atoms with Gasteiger partial charge >= 0.3 is 361 Å². The predicted octanol–water partition coefficient (Wildman–Crippen LogP) is 13.1. The van der Waals surface area contributed by atoms with Gasteiger partial charge in [0.05, 0.1) is 0 Å². The summed E-state index contributed by atoms with van der Waals surface area (Å²) in [6, 6.07) is 89.4. The summed E-state index contributed by atoms with van der Waals surface area (Å²) in [5.41, 5.74) is 12.0. The minimum atomic E-state index is -2.72. The molecule has 1 nitrogen and oxygen atoms in total. The van der Waals surface area contributed by atoms with Gasteiger partial charge < -0.3 is 5.48 Å². The Labute approximate surface area is 363 Å². The summed E-state index contributed by atoms with van der Waals surface area (Å²) in [6.45, 7) is 0. The number of hydrogen-bond acceptors (Lipinski definition) is 0. The fraction of sp³-hybridized carbons (Fsp3) is 0.143. The van der Waals surface area contributed by atoms with Crippen LogP contribution in [0.2, 0.25) is 0 Å². The van der Waals surface area contributed by atoms with E-state index in [1.807, 2.05) is 0 Å². The van der Waals surface area contributed by atoms with E-state index in [4.69, 9.17) is 0 Å². The van der Waals surface area contributed by atoms with Crippen molar-refractivity contribution in [1.82, 2.24) is 0 Å². The second-order valence-corrected chi connectivity index (χ2v) is 38.0. The molecule has 0 fully saturated rings. The molecule has 3 heteroatoms. The zero-order valence-corrected chi connectivity index (χ0v) is 39.2. The molecule has 0 aliphatic rings. The van der Waals surface area contributed by atoms with Gasteiger partial charge in [0.15, 0.2) is 0 Å². The van der Waals surface area contributed by atoms with Crippen LogP contribution in [0.5, 0.6) is 0 Å². The first-order valence-electron chi connectivity index (χ1n) is 20.9. The van der Waals surface area contributed by atoms with Gasteiger partial charge in [0, 0.05) is 0 Å². The van der Waals surface area contributed by atoms with Gasteiger partial charge in [-0.25, -0.2) is 0 Å². The van der Waals surface area contributed by atoms with Crippen LogP contribution in [-0.4, -0.2) is 5.48 Å². The third kappa shape index (κ3) is 14.3. The Kier molecular flexibility index (Phi) is 17.4. The Bertz CT molecular complexity index is 1790. The van der Waals surface area contributed by atoms with Crippen molar-refractivity contribution >= 4 is 0 Å². The van der Waals surface area contributed by atoms with E-state index in [2.05, 4.69) is 243 Å². The van der Waals surface area contributed by atoms with Crippen molar-refractivity contribution in [2.24, 2.45) is 0 Å². The molecule has 8 rings (SSSR count). The quantitative estimate of drug-likeness (QED) is 0.0925. The molecule has 0 radical (unpaired) electrons. The van der Waals surface area contributed by atoms with E-state index in [0.717, 1.165) is 0 Å². The molecule has 0 bridgehead atoms. The molecule has 2 N–H and O–H groups in total. The summed E-state index contributed by atoms with van der Waals surface area (Å²) >= 11 is -5.44. The minimum absolute atomic E-state index is 0. The van der Waals surface area contributed by atoms with Crippen LogP contribution in [-0.2, 0) is 73.6 Å². The van der Waals surface area contributed by atoms with Crippen LogP contribution in [0, 0.1) is 0 Å². The van der Waals surface area contributed by atoms with E-state index in [1.54, 1.807) is 0 Å². The Morgan fingerprint density at radius 1 is 0.169 bits per heavy atom. The first kappa shape index (κ1) is 44.0. The fourth-order valence-corrected chi connectivity index (χ4v) is 34.3. The van der Waals surface area contributed by atoms with Gasteiger partial charge in [0.2, 0.25) is 0 Å². The second-order valence-electron chi connectivity index (χ2n) is 16.3.